The Morgan fingerprint density at radius 2 is 1.93 bits per heavy atom. The number of nitrogens with zero attached hydrogens (tertiary/aromatic N) is 2. The molecule has 7 heteroatoms. The third kappa shape index (κ3) is 5.09. The molecule has 1 aromatic heterocycles. The maximum absolute atomic E-state index is 12.8. The molecule has 1 aliphatic heterocycles. The lowest BCUT2D eigenvalue weighted by Gasteiger charge is -2.36. The second kappa shape index (κ2) is 9.61. The van der Waals surface area contributed by atoms with Gasteiger partial charge < -0.3 is 20.1 Å². The van der Waals surface area contributed by atoms with Crippen molar-refractivity contribution in [1.82, 2.24) is 10.3 Å². The first-order valence-corrected chi connectivity index (χ1v) is 10.3. The number of rotatable bonds is 7. The van der Waals surface area contributed by atoms with Crippen LogP contribution in [0.4, 0.5) is 5.82 Å². The molecule has 0 radical (unpaired) electrons. The number of carboxylic acid groups (broad SMARTS) is 1. The summed E-state index contributed by atoms with van der Waals surface area (Å²) in [6.45, 7) is 6.69. The first-order valence-electron chi connectivity index (χ1n) is 10.3. The van der Waals surface area contributed by atoms with Crippen molar-refractivity contribution in [3.63, 3.8) is 0 Å². The maximum Gasteiger partial charge on any atom is 0.339 e. The minimum absolute atomic E-state index is 0.121. The van der Waals surface area contributed by atoms with Crippen LogP contribution in [-0.4, -0.2) is 48.7 Å². The van der Waals surface area contributed by atoms with Crippen molar-refractivity contribution in [2.75, 3.05) is 31.6 Å². The van der Waals surface area contributed by atoms with E-state index in [4.69, 9.17) is 4.74 Å². The molecule has 0 bridgehead atoms. The molecule has 3 rings (SSSR count). The highest BCUT2D eigenvalue weighted by atomic mass is 16.5. The molecule has 1 amide bonds. The summed E-state index contributed by atoms with van der Waals surface area (Å²) in [5.74, 6) is 0.996. The van der Waals surface area contributed by atoms with Crippen LogP contribution < -0.4 is 15.0 Å². The van der Waals surface area contributed by atoms with Crippen molar-refractivity contribution < 1.29 is 19.4 Å². The number of aromatic nitrogens is 1. The third-order valence-electron chi connectivity index (χ3n) is 5.40. The Hall–Kier alpha value is -3.09. The fraction of sp³-hybridized carbons (Fsp3) is 0.435. The van der Waals surface area contributed by atoms with E-state index in [-0.39, 0.29) is 11.5 Å². The quantitative estimate of drug-likeness (QED) is 0.727. The highest BCUT2D eigenvalue weighted by Crippen LogP contribution is 2.27. The number of hydrogen-bond acceptors (Lipinski definition) is 5. The number of carboxylic acids is 1. The van der Waals surface area contributed by atoms with Crippen LogP contribution in [0.3, 0.4) is 0 Å². The molecule has 1 fully saturated rings. The van der Waals surface area contributed by atoms with Gasteiger partial charge in [0.1, 0.15) is 17.1 Å². The van der Waals surface area contributed by atoms with Crippen molar-refractivity contribution >= 4 is 17.7 Å². The first-order chi connectivity index (χ1) is 14.4. The summed E-state index contributed by atoms with van der Waals surface area (Å²) in [6, 6.07) is 8.55. The van der Waals surface area contributed by atoms with E-state index in [0.29, 0.717) is 36.1 Å². The standard InChI is InChI=1S/C23H29N3O4/c1-15-11-16(2)14-26(13-15)21-19(5-4-9-24-21)22(27)25-10-8-17-6-7-18(23(28)29)20(12-17)30-3/h4-7,9,12,15-16H,8,10-11,13-14H2,1-3H3,(H,25,27)(H,28,29)/t15-,16-/m1/s1. The average molecular weight is 412 g/mol. The zero-order valence-electron chi connectivity index (χ0n) is 17.7. The minimum atomic E-state index is -1.03. The Labute approximate surface area is 177 Å². The SMILES string of the molecule is COc1cc(CCNC(=O)c2cccnc2N2C[C@H](C)C[C@@H](C)C2)ccc1C(=O)O. The van der Waals surface area contributed by atoms with Gasteiger partial charge in [-0.2, -0.15) is 0 Å². The van der Waals surface area contributed by atoms with Crippen LogP contribution in [0.1, 0.15) is 46.5 Å². The monoisotopic (exact) mass is 411 g/mol. The Morgan fingerprint density at radius 1 is 1.20 bits per heavy atom. The lowest BCUT2D eigenvalue weighted by atomic mass is 9.91. The highest BCUT2D eigenvalue weighted by molar-refractivity contribution is 5.99. The maximum atomic E-state index is 12.8. The molecular formula is C23H29N3O4. The summed E-state index contributed by atoms with van der Waals surface area (Å²) in [4.78, 5) is 30.8. The fourth-order valence-corrected chi connectivity index (χ4v) is 4.15. The number of pyridine rings is 1. The largest absolute Gasteiger partial charge is 0.496 e. The van der Waals surface area contributed by atoms with Crippen LogP contribution in [0.5, 0.6) is 5.75 Å². The summed E-state index contributed by atoms with van der Waals surface area (Å²) in [6.07, 6.45) is 3.48. The molecule has 0 unspecified atom stereocenters. The molecule has 2 N–H and O–H groups in total. The smallest absolute Gasteiger partial charge is 0.339 e. The Kier molecular flexibility index (Phi) is 6.92. The minimum Gasteiger partial charge on any atom is -0.496 e. The van der Waals surface area contributed by atoms with E-state index in [1.165, 1.54) is 19.6 Å². The van der Waals surface area contributed by atoms with Crippen molar-refractivity contribution in [3.8, 4) is 5.75 Å². The van der Waals surface area contributed by atoms with Crippen LogP contribution in [0.15, 0.2) is 36.5 Å². The molecule has 1 aliphatic rings. The van der Waals surface area contributed by atoms with Gasteiger partial charge in [-0.15, -0.1) is 0 Å². The number of carbonyl (C=O) groups excluding carboxylic acids is 1. The summed E-state index contributed by atoms with van der Waals surface area (Å²) in [5.41, 5.74) is 1.59. The fourth-order valence-electron chi connectivity index (χ4n) is 4.15. The second-order valence-corrected chi connectivity index (χ2v) is 8.07. The van der Waals surface area contributed by atoms with Gasteiger partial charge in [-0.1, -0.05) is 19.9 Å². The first kappa shape index (κ1) is 21.6. The Balaban J connectivity index is 1.65. The number of amides is 1. The number of nitrogens with one attached hydrogen (secondary N) is 1. The lowest BCUT2D eigenvalue weighted by molar-refractivity contribution is 0.0693. The predicted octanol–water partition coefficient (Wildman–Crippen LogP) is 3.24. The van der Waals surface area contributed by atoms with Crippen molar-refractivity contribution in [1.29, 1.82) is 0 Å². The molecule has 1 aromatic carbocycles. The van der Waals surface area contributed by atoms with E-state index >= 15 is 0 Å². The normalized spacial score (nSPS) is 18.7. The van der Waals surface area contributed by atoms with Gasteiger partial charge in [-0.3, -0.25) is 4.79 Å². The topological polar surface area (TPSA) is 91.8 Å². The number of piperidine rings is 1. The van der Waals surface area contributed by atoms with Gasteiger partial charge in [0.2, 0.25) is 0 Å². The van der Waals surface area contributed by atoms with E-state index in [2.05, 4.69) is 29.0 Å². The van der Waals surface area contributed by atoms with Gasteiger partial charge in [0, 0.05) is 25.8 Å². The molecule has 2 aromatic rings. The molecule has 0 aliphatic carbocycles. The molecule has 0 spiro atoms. The Bertz CT molecular complexity index is 905. The molecule has 1 saturated heterocycles. The molecular weight excluding hydrogens is 382 g/mol. The number of ether oxygens (including phenoxy) is 1. The van der Waals surface area contributed by atoms with Crippen molar-refractivity contribution in [2.24, 2.45) is 11.8 Å². The number of hydrogen-bond donors (Lipinski definition) is 2. The van der Waals surface area contributed by atoms with Crippen LogP contribution in [-0.2, 0) is 6.42 Å². The van der Waals surface area contributed by atoms with Gasteiger partial charge in [-0.25, -0.2) is 9.78 Å². The lowest BCUT2D eigenvalue weighted by Crippen LogP contribution is -2.40. The Morgan fingerprint density at radius 3 is 2.60 bits per heavy atom. The molecule has 0 saturated carbocycles. The van der Waals surface area contributed by atoms with E-state index in [0.717, 1.165) is 24.5 Å². The van der Waals surface area contributed by atoms with Crippen LogP contribution >= 0.6 is 0 Å². The van der Waals surface area contributed by atoms with Gasteiger partial charge in [0.05, 0.1) is 12.7 Å². The molecule has 2 heterocycles. The molecule has 2 atom stereocenters. The molecule has 160 valence electrons. The molecule has 30 heavy (non-hydrogen) atoms. The van der Waals surface area contributed by atoms with E-state index in [1.807, 2.05) is 6.07 Å². The van der Waals surface area contributed by atoms with Gasteiger partial charge in [0.25, 0.3) is 5.91 Å². The van der Waals surface area contributed by atoms with E-state index in [1.54, 1.807) is 24.4 Å². The van der Waals surface area contributed by atoms with Crippen LogP contribution in [0, 0.1) is 11.8 Å². The molecule has 7 nitrogen and oxygen atoms in total. The number of benzene rings is 1. The summed E-state index contributed by atoms with van der Waals surface area (Å²) in [7, 11) is 1.44. The summed E-state index contributed by atoms with van der Waals surface area (Å²) in [5, 5.41) is 12.1. The van der Waals surface area contributed by atoms with Gasteiger partial charge >= 0.3 is 5.97 Å². The van der Waals surface area contributed by atoms with Crippen molar-refractivity contribution in [2.45, 2.75) is 26.7 Å². The van der Waals surface area contributed by atoms with Crippen LogP contribution in [0.25, 0.3) is 0 Å². The third-order valence-corrected chi connectivity index (χ3v) is 5.40. The van der Waals surface area contributed by atoms with Gasteiger partial charge in [0.15, 0.2) is 0 Å². The predicted molar refractivity (Wildman–Crippen MR) is 115 cm³/mol. The summed E-state index contributed by atoms with van der Waals surface area (Å²) >= 11 is 0. The zero-order valence-corrected chi connectivity index (χ0v) is 17.7. The van der Waals surface area contributed by atoms with Gasteiger partial charge in [-0.05, 0) is 54.5 Å². The average Bonchev–Trinajstić information content (AvgIpc) is 2.72. The number of methoxy groups -OCH3 is 1. The van der Waals surface area contributed by atoms with Crippen molar-refractivity contribution in [3.05, 3.63) is 53.2 Å². The number of aromatic carboxylic acids is 1. The number of anilines is 1. The number of carbonyl (C=O) groups is 2. The summed E-state index contributed by atoms with van der Waals surface area (Å²) < 4.78 is 5.16. The van der Waals surface area contributed by atoms with Crippen LogP contribution in [0.2, 0.25) is 0 Å². The second-order valence-electron chi connectivity index (χ2n) is 8.07. The van der Waals surface area contributed by atoms with E-state index < -0.39 is 5.97 Å². The zero-order chi connectivity index (χ0) is 21.7. The van der Waals surface area contributed by atoms with E-state index in [9.17, 15) is 14.7 Å². The highest BCUT2D eigenvalue weighted by Gasteiger charge is 2.26.